The van der Waals surface area contributed by atoms with E-state index in [0.29, 0.717) is 18.1 Å². The molecule has 7 heteroatoms. The molecule has 0 spiro atoms. The van der Waals surface area contributed by atoms with E-state index in [1.165, 1.54) is 5.56 Å². The molecular weight excluding hydrogens is 318 g/mol. The van der Waals surface area contributed by atoms with Crippen LogP contribution in [-0.4, -0.2) is 21.1 Å². The van der Waals surface area contributed by atoms with Crippen LogP contribution in [0.1, 0.15) is 44.5 Å². The van der Waals surface area contributed by atoms with Gasteiger partial charge in [0.05, 0.1) is 6.42 Å². The first-order valence-electron chi connectivity index (χ1n) is 7.85. The van der Waals surface area contributed by atoms with E-state index >= 15 is 0 Å². The van der Waals surface area contributed by atoms with Gasteiger partial charge in [0.15, 0.2) is 0 Å². The molecule has 0 fully saturated rings. The van der Waals surface area contributed by atoms with Crippen LogP contribution in [-0.2, 0) is 12.8 Å². The number of hydrogen-bond acceptors (Lipinski definition) is 6. The average molecular weight is 337 g/mol. The fourth-order valence-corrected chi connectivity index (χ4v) is 2.81. The minimum atomic E-state index is -0.727. The van der Waals surface area contributed by atoms with Gasteiger partial charge in [-0.3, -0.25) is 4.79 Å². The number of pyridine rings is 1. The number of benzene rings is 1. The number of anilines is 1. The predicted octanol–water partition coefficient (Wildman–Crippen LogP) is 1.94. The third kappa shape index (κ3) is 3.82. The van der Waals surface area contributed by atoms with Gasteiger partial charge in [0.2, 0.25) is 5.89 Å². The summed E-state index contributed by atoms with van der Waals surface area (Å²) in [5.41, 5.74) is 16.3. The third-order valence-electron chi connectivity index (χ3n) is 3.98. The van der Waals surface area contributed by atoms with Gasteiger partial charge in [-0.05, 0) is 48.6 Å². The van der Waals surface area contributed by atoms with Crippen molar-refractivity contribution in [2.75, 3.05) is 5.73 Å². The van der Waals surface area contributed by atoms with Crippen LogP contribution in [0.5, 0.6) is 0 Å². The number of primary amides is 1. The minimum absolute atomic E-state index is 0.176. The van der Waals surface area contributed by atoms with Gasteiger partial charge in [0, 0.05) is 5.69 Å². The highest BCUT2D eigenvalue weighted by Crippen LogP contribution is 2.20. The second-order valence-electron chi connectivity index (χ2n) is 5.97. The molecule has 0 atom stereocenters. The van der Waals surface area contributed by atoms with Crippen molar-refractivity contribution in [3.63, 3.8) is 0 Å². The molecule has 2 heterocycles. The fourth-order valence-electron chi connectivity index (χ4n) is 2.81. The zero-order chi connectivity index (χ0) is 18.0. The molecule has 0 aliphatic carbocycles. The van der Waals surface area contributed by atoms with Gasteiger partial charge < -0.3 is 15.9 Å². The number of carbonyl (C=O) groups excluding carboxylic acids is 1. The zero-order valence-electron chi connectivity index (χ0n) is 14.1. The standard InChI is InChI=1S/C18H19N5O2/c1-10-6-15(19)21-11(2)14(10)8-12-4-3-5-13(7-12)9-16-22-23-18(25-16)17(20)24/h3-7H,8-9H2,1-2H3,(H2,19,21)(H2,20,24). The second kappa shape index (κ2) is 6.72. The molecule has 25 heavy (non-hydrogen) atoms. The summed E-state index contributed by atoms with van der Waals surface area (Å²) in [5, 5.41) is 7.47. The molecule has 128 valence electrons. The zero-order valence-corrected chi connectivity index (χ0v) is 14.1. The Bertz CT molecular complexity index is 910. The first-order chi connectivity index (χ1) is 11.9. The Morgan fingerprint density at radius 1 is 1.12 bits per heavy atom. The van der Waals surface area contributed by atoms with Crippen LogP contribution in [0.15, 0.2) is 34.7 Å². The summed E-state index contributed by atoms with van der Waals surface area (Å²) in [6.45, 7) is 4.00. The van der Waals surface area contributed by atoms with Crippen LogP contribution in [0, 0.1) is 13.8 Å². The van der Waals surface area contributed by atoms with E-state index in [-0.39, 0.29) is 5.89 Å². The van der Waals surface area contributed by atoms with Crippen LogP contribution >= 0.6 is 0 Å². The molecule has 2 aromatic heterocycles. The summed E-state index contributed by atoms with van der Waals surface area (Å²) in [5.74, 6) is -0.0127. The Kier molecular flexibility index (Phi) is 4.47. The molecule has 1 aromatic carbocycles. The predicted molar refractivity (Wildman–Crippen MR) is 93.0 cm³/mol. The van der Waals surface area contributed by atoms with Gasteiger partial charge in [-0.15, -0.1) is 10.2 Å². The molecule has 7 nitrogen and oxygen atoms in total. The fraction of sp³-hybridized carbons (Fsp3) is 0.222. The molecular formula is C18H19N5O2. The molecule has 0 bridgehead atoms. The lowest BCUT2D eigenvalue weighted by molar-refractivity contribution is 0.0965. The number of nitrogens with two attached hydrogens (primary N) is 2. The van der Waals surface area contributed by atoms with Crippen LogP contribution in [0.3, 0.4) is 0 Å². The first-order valence-corrected chi connectivity index (χ1v) is 7.85. The number of nitrogens with zero attached hydrogens (tertiary/aromatic N) is 3. The van der Waals surface area contributed by atoms with E-state index in [0.717, 1.165) is 28.8 Å². The van der Waals surface area contributed by atoms with Crippen LogP contribution in [0.2, 0.25) is 0 Å². The number of nitrogen functional groups attached to an aromatic ring is 1. The highest BCUT2D eigenvalue weighted by atomic mass is 16.4. The normalized spacial score (nSPS) is 10.8. The molecule has 3 rings (SSSR count). The highest BCUT2D eigenvalue weighted by Gasteiger charge is 2.12. The lowest BCUT2D eigenvalue weighted by Crippen LogP contribution is -2.11. The molecule has 0 aliphatic rings. The summed E-state index contributed by atoms with van der Waals surface area (Å²) in [6.07, 6.45) is 1.20. The summed E-state index contributed by atoms with van der Waals surface area (Å²) in [4.78, 5) is 15.4. The maximum Gasteiger partial charge on any atom is 0.306 e. The smallest absolute Gasteiger partial charge is 0.306 e. The Morgan fingerprint density at radius 3 is 2.48 bits per heavy atom. The van der Waals surface area contributed by atoms with Crippen molar-refractivity contribution in [3.05, 3.63) is 70.1 Å². The third-order valence-corrected chi connectivity index (χ3v) is 3.98. The molecule has 0 saturated carbocycles. The van der Waals surface area contributed by atoms with Crippen molar-refractivity contribution in [2.45, 2.75) is 26.7 Å². The highest BCUT2D eigenvalue weighted by molar-refractivity contribution is 5.87. The Labute approximate surface area is 145 Å². The van der Waals surface area contributed by atoms with Crippen LogP contribution in [0.4, 0.5) is 5.82 Å². The van der Waals surface area contributed by atoms with E-state index in [4.69, 9.17) is 15.9 Å². The number of aryl methyl sites for hydroxylation is 2. The van der Waals surface area contributed by atoms with E-state index in [2.05, 4.69) is 27.3 Å². The van der Waals surface area contributed by atoms with Gasteiger partial charge in [-0.1, -0.05) is 24.3 Å². The molecule has 4 N–H and O–H groups in total. The number of amides is 1. The largest absolute Gasteiger partial charge is 0.417 e. The van der Waals surface area contributed by atoms with Crippen molar-refractivity contribution in [1.82, 2.24) is 15.2 Å². The number of hydrogen-bond donors (Lipinski definition) is 2. The average Bonchev–Trinajstić information content (AvgIpc) is 3.00. The van der Waals surface area contributed by atoms with E-state index in [9.17, 15) is 4.79 Å². The van der Waals surface area contributed by atoms with E-state index in [1.807, 2.05) is 32.0 Å². The number of rotatable bonds is 5. The van der Waals surface area contributed by atoms with Crippen molar-refractivity contribution in [3.8, 4) is 0 Å². The Balaban J connectivity index is 1.81. The van der Waals surface area contributed by atoms with Crippen molar-refractivity contribution < 1.29 is 9.21 Å². The van der Waals surface area contributed by atoms with Crippen molar-refractivity contribution in [1.29, 1.82) is 0 Å². The SMILES string of the molecule is Cc1cc(N)nc(C)c1Cc1cccc(Cc2nnc(C(N)=O)o2)c1. The second-order valence-corrected chi connectivity index (χ2v) is 5.97. The first kappa shape index (κ1) is 16.6. The quantitative estimate of drug-likeness (QED) is 0.734. The van der Waals surface area contributed by atoms with Crippen molar-refractivity contribution >= 4 is 11.7 Å². The maximum absolute atomic E-state index is 11.0. The van der Waals surface area contributed by atoms with E-state index < -0.39 is 5.91 Å². The molecule has 0 unspecified atom stereocenters. The van der Waals surface area contributed by atoms with Gasteiger partial charge in [0.25, 0.3) is 0 Å². The van der Waals surface area contributed by atoms with Crippen molar-refractivity contribution in [2.24, 2.45) is 5.73 Å². The Morgan fingerprint density at radius 2 is 1.84 bits per heavy atom. The van der Waals surface area contributed by atoms with Crippen LogP contribution in [0.25, 0.3) is 0 Å². The lowest BCUT2D eigenvalue weighted by Gasteiger charge is -2.11. The van der Waals surface area contributed by atoms with Gasteiger partial charge in [-0.25, -0.2) is 4.98 Å². The number of aromatic nitrogens is 3. The summed E-state index contributed by atoms with van der Waals surface area (Å²) < 4.78 is 5.24. The Hall–Kier alpha value is -3.22. The van der Waals surface area contributed by atoms with Gasteiger partial charge in [-0.2, -0.15) is 0 Å². The maximum atomic E-state index is 11.0. The molecule has 0 aliphatic heterocycles. The topological polar surface area (TPSA) is 121 Å². The van der Waals surface area contributed by atoms with E-state index in [1.54, 1.807) is 0 Å². The molecule has 1 amide bonds. The molecule has 0 saturated heterocycles. The summed E-state index contributed by atoms with van der Waals surface area (Å²) >= 11 is 0. The summed E-state index contributed by atoms with van der Waals surface area (Å²) in [6, 6.07) is 9.96. The van der Waals surface area contributed by atoms with Gasteiger partial charge in [0.1, 0.15) is 5.82 Å². The van der Waals surface area contributed by atoms with Gasteiger partial charge >= 0.3 is 11.8 Å². The summed E-state index contributed by atoms with van der Waals surface area (Å²) in [7, 11) is 0. The minimum Gasteiger partial charge on any atom is -0.417 e. The molecule has 0 radical (unpaired) electrons. The monoisotopic (exact) mass is 337 g/mol. The molecule has 3 aromatic rings. The van der Waals surface area contributed by atoms with Crippen LogP contribution < -0.4 is 11.5 Å². The lowest BCUT2D eigenvalue weighted by atomic mass is 9.97. The number of carbonyl (C=O) groups is 1.